The molecule has 0 atom stereocenters. The molecule has 0 saturated carbocycles. The fraction of sp³-hybridized carbons (Fsp3) is 0.200. The summed E-state index contributed by atoms with van der Waals surface area (Å²) in [5.41, 5.74) is 0. The molecule has 0 unspecified atom stereocenters. The second-order valence-electron chi connectivity index (χ2n) is 2.00. The van der Waals surface area contributed by atoms with E-state index in [1.807, 2.05) is 0 Å². The first-order valence-electron chi connectivity index (χ1n) is 2.80. The van der Waals surface area contributed by atoms with Crippen LogP contribution in [0, 0.1) is 0 Å². The molecule has 3 nitrogen and oxygen atoms in total. The number of hydrogen-bond donors (Lipinski definition) is 1. The van der Waals surface area contributed by atoms with E-state index in [1.165, 1.54) is 6.20 Å². The van der Waals surface area contributed by atoms with Crippen LogP contribution >= 0.6 is 23.2 Å². The zero-order valence-corrected chi connectivity index (χ0v) is 7.97. The van der Waals surface area contributed by atoms with Gasteiger partial charge >= 0.3 is 0 Å². The Morgan fingerprint density at radius 2 is 2.08 bits per heavy atom. The van der Waals surface area contributed by atoms with Crippen molar-refractivity contribution in [1.29, 1.82) is 0 Å². The number of alkyl halides is 1. The quantitative estimate of drug-likeness (QED) is 0.847. The summed E-state index contributed by atoms with van der Waals surface area (Å²) in [5, 5.41) is -0.491. The molecule has 0 amide bonds. The Bertz CT molecular complexity index is 386. The Hall–Kier alpha value is -0.260. The lowest BCUT2D eigenvalue weighted by molar-refractivity contribution is 0.532. The molecule has 0 fully saturated rings. The Labute approximate surface area is 78.4 Å². The standard InChI is InChI=1S/C5H4Cl2FNO2S/c6-3-1-9-5(4(3)7)12(10,11)2-8/h1,9H,2H2. The van der Waals surface area contributed by atoms with E-state index in [9.17, 15) is 12.8 Å². The van der Waals surface area contributed by atoms with Crippen molar-refractivity contribution in [2.75, 3.05) is 6.01 Å². The van der Waals surface area contributed by atoms with Gasteiger partial charge in [0.05, 0.1) is 10.0 Å². The number of nitrogens with one attached hydrogen (secondary N) is 1. The second-order valence-corrected chi connectivity index (χ2v) is 4.64. The lowest BCUT2D eigenvalue weighted by atomic mass is 10.7. The molecule has 12 heavy (non-hydrogen) atoms. The fourth-order valence-electron chi connectivity index (χ4n) is 0.645. The van der Waals surface area contributed by atoms with Gasteiger partial charge in [0, 0.05) is 6.20 Å². The van der Waals surface area contributed by atoms with Crippen molar-refractivity contribution in [3.05, 3.63) is 16.2 Å². The minimum absolute atomic E-state index is 0.0590. The van der Waals surface area contributed by atoms with Crippen LogP contribution in [0.1, 0.15) is 0 Å². The monoisotopic (exact) mass is 231 g/mol. The first kappa shape index (κ1) is 9.83. The summed E-state index contributed by atoms with van der Waals surface area (Å²) in [6, 6.07) is -1.50. The number of aromatic amines is 1. The fourth-order valence-corrected chi connectivity index (χ4v) is 2.04. The first-order valence-corrected chi connectivity index (χ1v) is 5.21. The SMILES string of the molecule is O=S(=O)(CF)c1[nH]cc(Cl)c1Cl. The smallest absolute Gasteiger partial charge is 0.224 e. The molecule has 0 aliphatic rings. The van der Waals surface area contributed by atoms with Crippen molar-refractivity contribution in [3.63, 3.8) is 0 Å². The minimum Gasteiger partial charge on any atom is -0.350 e. The van der Waals surface area contributed by atoms with Crippen molar-refractivity contribution < 1.29 is 12.8 Å². The number of aromatic nitrogens is 1. The Balaban J connectivity index is 3.30. The number of halogens is 3. The summed E-state index contributed by atoms with van der Waals surface area (Å²) in [6.07, 6.45) is 1.19. The third-order valence-electron chi connectivity index (χ3n) is 1.19. The van der Waals surface area contributed by atoms with Crippen LogP contribution in [0.4, 0.5) is 4.39 Å². The van der Waals surface area contributed by atoms with Gasteiger partial charge in [0.1, 0.15) is 0 Å². The van der Waals surface area contributed by atoms with Crippen LogP contribution in [0.15, 0.2) is 11.2 Å². The van der Waals surface area contributed by atoms with Gasteiger partial charge in [-0.3, -0.25) is 0 Å². The molecular formula is C5H4Cl2FNO2S. The van der Waals surface area contributed by atoms with E-state index >= 15 is 0 Å². The Morgan fingerprint density at radius 1 is 1.50 bits per heavy atom. The highest BCUT2D eigenvalue weighted by atomic mass is 35.5. The summed E-state index contributed by atoms with van der Waals surface area (Å²) < 4.78 is 33.7. The van der Waals surface area contributed by atoms with Crippen LogP contribution in [0.3, 0.4) is 0 Å². The highest BCUT2D eigenvalue weighted by Gasteiger charge is 2.21. The molecule has 1 rings (SSSR count). The maximum Gasteiger partial charge on any atom is 0.224 e. The van der Waals surface area contributed by atoms with Crippen molar-refractivity contribution in [2.45, 2.75) is 5.03 Å². The number of hydrogen-bond acceptors (Lipinski definition) is 2. The number of rotatable bonds is 2. The van der Waals surface area contributed by atoms with E-state index in [4.69, 9.17) is 23.2 Å². The highest BCUT2D eigenvalue weighted by molar-refractivity contribution is 7.91. The lowest BCUT2D eigenvalue weighted by Crippen LogP contribution is -2.03. The van der Waals surface area contributed by atoms with Crippen LogP contribution in [-0.4, -0.2) is 19.4 Å². The summed E-state index contributed by atoms with van der Waals surface area (Å²) in [5.74, 6) is 0. The van der Waals surface area contributed by atoms with Crippen LogP contribution in [0.5, 0.6) is 0 Å². The van der Waals surface area contributed by atoms with Crippen LogP contribution in [-0.2, 0) is 9.84 Å². The maximum absolute atomic E-state index is 11.9. The van der Waals surface area contributed by atoms with Gasteiger partial charge < -0.3 is 4.98 Å². The molecule has 0 saturated heterocycles. The lowest BCUT2D eigenvalue weighted by Gasteiger charge is -1.95. The summed E-state index contributed by atoms with van der Waals surface area (Å²) >= 11 is 10.9. The van der Waals surface area contributed by atoms with Crippen LogP contribution in [0.2, 0.25) is 10.0 Å². The van der Waals surface area contributed by atoms with E-state index in [-0.39, 0.29) is 15.1 Å². The number of H-pyrrole nitrogens is 1. The van der Waals surface area contributed by atoms with E-state index in [1.54, 1.807) is 0 Å². The maximum atomic E-state index is 11.9. The Morgan fingerprint density at radius 3 is 2.42 bits per heavy atom. The van der Waals surface area contributed by atoms with E-state index in [0.717, 1.165) is 0 Å². The molecular weight excluding hydrogens is 228 g/mol. The third kappa shape index (κ3) is 1.57. The zero-order chi connectivity index (χ0) is 9.35. The minimum atomic E-state index is -3.95. The summed E-state index contributed by atoms with van der Waals surface area (Å²) in [4.78, 5) is 2.27. The van der Waals surface area contributed by atoms with E-state index < -0.39 is 15.8 Å². The first-order chi connectivity index (χ1) is 5.49. The van der Waals surface area contributed by atoms with Crippen LogP contribution < -0.4 is 0 Å². The van der Waals surface area contributed by atoms with Gasteiger partial charge in [0.25, 0.3) is 0 Å². The van der Waals surface area contributed by atoms with Crippen molar-refractivity contribution in [2.24, 2.45) is 0 Å². The zero-order valence-electron chi connectivity index (χ0n) is 5.64. The number of sulfone groups is 1. The largest absolute Gasteiger partial charge is 0.350 e. The Kier molecular flexibility index (Phi) is 2.65. The molecule has 7 heteroatoms. The molecule has 68 valence electrons. The third-order valence-corrected chi connectivity index (χ3v) is 3.32. The van der Waals surface area contributed by atoms with Gasteiger partial charge in [-0.2, -0.15) is 0 Å². The topological polar surface area (TPSA) is 49.9 Å². The molecule has 0 aliphatic heterocycles. The molecule has 1 aromatic rings. The molecule has 0 aliphatic carbocycles. The van der Waals surface area contributed by atoms with Crippen molar-refractivity contribution >= 4 is 33.0 Å². The van der Waals surface area contributed by atoms with E-state index in [0.29, 0.717) is 0 Å². The van der Waals surface area contributed by atoms with Gasteiger partial charge in [0.2, 0.25) is 9.84 Å². The van der Waals surface area contributed by atoms with Gasteiger partial charge in [-0.25, -0.2) is 12.8 Å². The molecule has 0 bridgehead atoms. The van der Waals surface area contributed by atoms with Crippen LogP contribution in [0.25, 0.3) is 0 Å². The molecule has 0 radical (unpaired) electrons. The molecule has 1 aromatic heterocycles. The average Bonchev–Trinajstić information content (AvgIpc) is 2.33. The second kappa shape index (κ2) is 3.24. The predicted octanol–water partition coefficient (Wildman–Crippen LogP) is 2.02. The predicted molar refractivity (Wildman–Crippen MR) is 44.0 cm³/mol. The van der Waals surface area contributed by atoms with Crippen molar-refractivity contribution in [1.82, 2.24) is 4.98 Å². The molecule has 1 heterocycles. The van der Waals surface area contributed by atoms with Gasteiger partial charge in [-0.1, -0.05) is 23.2 Å². The average molecular weight is 232 g/mol. The van der Waals surface area contributed by atoms with Gasteiger partial charge in [-0.05, 0) is 0 Å². The highest BCUT2D eigenvalue weighted by Crippen LogP contribution is 2.28. The summed E-state index contributed by atoms with van der Waals surface area (Å²) in [6.45, 7) is 0. The molecule has 0 spiro atoms. The normalized spacial score (nSPS) is 11.9. The molecule has 1 N–H and O–H groups in total. The van der Waals surface area contributed by atoms with E-state index in [2.05, 4.69) is 4.98 Å². The molecule has 0 aromatic carbocycles. The van der Waals surface area contributed by atoms with Gasteiger partial charge in [0.15, 0.2) is 11.0 Å². The van der Waals surface area contributed by atoms with Gasteiger partial charge in [-0.15, -0.1) is 0 Å². The van der Waals surface area contributed by atoms with Crippen molar-refractivity contribution in [3.8, 4) is 0 Å². The summed E-state index contributed by atoms with van der Waals surface area (Å²) in [7, 11) is -3.95.